The summed E-state index contributed by atoms with van der Waals surface area (Å²) in [7, 11) is 2.90. The van der Waals surface area contributed by atoms with Crippen molar-refractivity contribution < 1.29 is 19.2 Å². The van der Waals surface area contributed by atoms with Crippen molar-refractivity contribution in [1.29, 1.82) is 0 Å². The van der Waals surface area contributed by atoms with E-state index in [1.807, 2.05) is 60.7 Å². The van der Waals surface area contributed by atoms with E-state index in [0.29, 0.717) is 23.5 Å². The highest BCUT2D eigenvalue weighted by atomic mass is 16.6. The van der Waals surface area contributed by atoms with Gasteiger partial charge >= 0.3 is 0 Å². The van der Waals surface area contributed by atoms with Crippen LogP contribution in [0.3, 0.4) is 0 Å². The highest BCUT2D eigenvalue weighted by molar-refractivity contribution is 5.77. The first-order chi connectivity index (χ1) is 15.5. The van der Waals surface area contributed by atoms with Crippen molar-refractivity contribution >= 4 is 11.6 Å². The Morgan fingerprint density at radius 3 is 1.97 bits per heavy atom. The zero-order chi connectivity index (χ0) is 22.9. The number of nitro groups is 1. The van der Waals surface area contributed by atoms with Crippen LogP contribution in [0, 0.1) is 10.1 Å². The summed E-state index contributed by atoms with van der Waals surface area (Å²) in [5.74, 6) is 0.506. The van der Waals surface area contributed by atoms with Crippen LogP contribution < -0.4 is 14.8 Å². The van der Waals surface area contributed by atoms with Crippen molar-refractivity contribution in [2.24, 2.45) is 0 Å². The molecule has 0 aliphatic carbocycles. The van der Waals surface area contributed by atoms with Crippen LogP contribution >= 0.6 is 0 Å². The fourth-order valence-corrected chi connectivity index (χ4v) is 3.67. The van der Waals surface area contributed by atoms with Gasteiger partial charge in [-0.15, -0.1) is 0 Å². The number of amides is 1. The van der Waals surface area contributed by atoms with Gasteiger partial charge in [0, 0.05) is 24.4 Å². The maximum absolute atomic E-state index is 12.7. The van der Waals surface area contributed by atoms with Gasteiger partial charge < -0.3 is 14.8 Å². The fourth-order valence-electron chi connectivity index (χ4n) is 3.67. The number of hydrogen-bond acceptors (Lipinski definition) is 5. The number of carbonyl (C=O) groups is 1. The summed E-state index contributed by atoms with van der Waals surface area (Å²) in [6.07, 6.45) is 0.575. The number of benzene rings is 3. The Morgan fingerprint density at radius 2 is 1.47 bits per heavy atom. The number of hydrogen-bond donors (Lipinski definition) is 1. The molecule has 0 bridgehead atoms. The Kier molecular flexibility index (Phi) is 7.80. The molecule has 1 amide bonds. The van der Waals surface area contributed by atoms with Gasteiger partial charge in [0.1, 0.15) is 0 Å². The van der Waals surface area contributed by atoms with Crippen molar-refractivity contribution in [3.63, 3.8) is 0 Å². The van der Waals surface area contributed by atoms with Crippen molar-refractivity contribution in [3.8, 4) is 11.5 Å². The summed E-state index contributed by atoms with van der Waals surface area (Å²) in [6.45, 7) is 0.269. The van der Waals surface area contributed by atoms with Gasteiger partial charge in [-0.05, 0) is 23.6 Å². The number of nitro benzene ring substituents is 1. The maximum Gasteiger partial charge on any atom is 0.276 e. The van der Waals surface area contributed by atoms with Crippen LogP contribution in [-0.2, 0) is 11.2 Å². The quantitative estimate of drug-likeness (QED) is 0.375. The van der Waals surface area contributed by atoms with Crippen molar-refractivity contribution in [2.75, 3.05) is 20.8 Å². The topological polar surface area (TPSA) is 90.7 Å². The predicted octanol–water partition coefficient (Wildman–Crippen LogP) is 4.49. The minimum absolute atomic E-state index is 0.0663. The van der Waals surface area contributed by atoms with Crippen LogP contribution in [0.25, 0.3) is 0 Å². The van der Waals surface area contributed by atoms with E-state index in [1.165, 1.54) is 20.3 Å². The van der Waals surface area contributed by atoms with E-state index in [1.54, 1.807) is 6.07 Å². The van der Waals surface area contributed by atoms with Gasteiger partial charge in [0.2, 0.25) is 5.91 Å². The van der Waals surface area contributed by atoms with Crippen LogP contribution in [0.1, 0.15) is 29.0 Å². The lowest BCUT2D eigenvalue weighted by Crippen LogP contribution is -2.27. The Balaban J connectivity index is 1.69. The highest BCUT2D eigenvalue weighted by Gasteiger charge is 2.21. The van der Waals surface area contributed by atoms with Crippen molar-refractivity contribution in [3.05, 3.63) is 99.6 Å². The Bertz CT molecular complexity index is 1020. The average molecular weight is 434 g/mol. The van der Waals surface area contributed by atoms with E-state index in [0.717, 1.165) is 11.1 Å². The van der Waals surface area contributed by atoms with Crippen LogP contribution in [-0.4, -0.2) is 31.6 Å². The van der Waals surface area contributed by atoms with E-state index < -0.39 is 4.92 Å². The molecule has 3 rings (SSSR count). The van der Waals surface area contributed by atoms with Gasteiger partial charge in [0.15, 0.2) is 11.5 Å². The fraction of sp³-hybridized carbons (Fsp3) is 0.240. The van der Waals surface area contributed by atoms with E-state index >= 15 is 0 Å². The third-order valence-electron chi connectivity index (χ3n) is 5.29. The first-order valence-electron chi connectivity index (χ1n) is 10.3. The zero-order valence-corrected chi connectivity index (χ0v) is 18.1. The third kappa shape index (κ3) is 5.63. The molecule has 0 aliphatic rings. The molecule has 0 unspecified atom stereocenters. The summed E-state index contributed by atoms with van der Waals surface area (Å²) >= 11 is 0. The number of methoxy groups -OCH3 is 2. The van der Waals surface area contributed by atoms with Crippen molar-refractivity contribution in [2.45, 2.75) is 18.8 Å². The Hall–Kier alpha value is -3.87. The summed E-state index contributed by atoms with van der Waals surface area (Å²) in [6, 6.07) is 22.7. The maximum atomic E-state index is 12.7. The summed E-state index contributed by atoms with van der Waals surface area (Å²) < 4.78 is 10.4. The van der Waals surface area contributed by atoms with Gasteiger partial charge in [-0.1, -0.05) is 60.7 Å². The molecule has 166 valence electrons. The molecular formula is C25H26N2O5. The van der Waals surface area contributed by atoms with Gasteiger partial charge in [0.25, 0.3) is 5.69 Å². The number of nitrogens with one attached hydrogen (secondary N) is 1. The molecule has 7 heteroatoms. The first kappa shape index (κ1) is 22.8. The van der Waals surface area contributed by atoms with E-state index in [9.17, 15) is 14.9 Å². The summed E-state index contributed by atoms with van der Waals surface area (Å²) in [4.78, 5) is 23.8. The molecule has 0 aromatic heterocycles. The van der Waals surface area contributed by atoms with Crippen LogP contribution in [0.4, 0.5) is 5.69 Å². The van der Waals surface area contributed by atoms with Gasteiger partial charge in [-0.25, -0.2) is 0 Å². The minimum atomic E-state index is -0.458. The zero-order valence-electron chi connectivity index (χ0n) is 18.1. The van der Waals surface area contributed by atoms with Gasteiger partial charge in [-0.3, -0.25) is 14.9 Å². The number of carbonyl (C=O) groups excluding carboxylic acids is 1. The lowest BCUT2D eigenvalue weighted by molar-refractivity contribution is -0.385. The van der Waals surface area contributed by atoms with Crippen LogP contribution in [0.15, 0.2) is 72.8 Å². The monoisotopic (exact) mass is 434 g/mol. The molecule has 7 nitrogen and oxygen atoms in total. The third-order valence-corrected chi connectivity index (χ3v) is 5.29. The van der Waals surface area contributed by atoms with E-state index in [2.05, 4.69) is 5.32 Å². The normalized spacial score (nSPS) is 10.6. The summed E-state index contributed by atoms with van der Waals surface area (Å²) in [5.41, 5.74) is 2.52. The summed E-state index contributed by atoms with van der Waals surface area (Å²) in [5, 5.41) is 14.4. The number of rotatable bonds is 10. The largest absolute Gasteiger partial charge is 0.493 e. The molecule has 3 aromatic carbocycles. The molecule has 0 saturated heterocycles. The SMILES string of the molecule is COc1cc(CCNC(=O)CC(c2ccccc2)c2ccccc2)c([N+](=O)[O-])cc1OC. The lowest BCUT2D eigenvalue weighted by Gasteiger charge is -2.18. The van der Waals surface area contributed by atoms with Gasteiger partial charge in [-0.2, -0.15) is 0 Å². The van der Waals surface area contributed by atoms with E-state index in [-0.39, 0.29) is 30.5 Å². The molecule has 0 heterocycles. The average Bonchev–Trinajstić information content (AvgIpc) is 2.83. The second kappa shape index (κ2) is 10.9. The second-order valence-corrected chi connectivity index (χ2v) is 7.27. The lowest BCUT2D eigenvalue weighted by atomic mass is 9.88. The molecule has 0 spiro atoms. The van der Waals surface area contributed by atoms with Gasteiger partial charge in [0.05, 0.1) is 25.2 Å². The first-order valence-corrected chi connectivity index (χ1v) is 10.3. The number of nitrogens with zero attached hydrogens (tertiary/aromatic N) is 1. The predicted molar refractivity (Wildman–Crippen MR) is 122 cm³/mol. The molecule has 0 fully saturated rings. The smallest absolute Gasteiger partial charge is 0.276 e. The molecule has 0 radical (unpaired) electrons. The van der Waals surface area contributed by atoms with Crippen LogP contribution in [0.5, 0.6) is 11.5 Å². The molecule has 3 aromatic rings. The highest BCUT2D eigenvalue weighted by Crippen LogP contribution is 2.34. The van der Waals surface area contributed by atoms with E-state index in [4.69, 9.17) is 9.47 Å². The molecular weight excluding hydrogens is 408 g/mol. The Labute approximate surface area is 187 Å². The Morgan fingerprint density at radius 1 is 0.938 bits per heavy atom. The molecule has 32 heavy (non-hydrogen) atoms. The molecule has 0 aliphatic heterocycles. The number of ether oxygens (including phenoxy) is 2. The van der Waals surface area contributed by atoms with Crippen LogP contribution in [0.2, 0.25) is 0 Å². The standard InChI is InChI=1S/C25H26N2O5/c1-31-23-15-20(22(27(29)30)17-24(23)32-2)13-14-26-25(28)16-21(18-9-5-3-6-10-18)19-11-7-4-8-12-19/h3-12,15,17,21H,13-14,16H2,1-2H3,(H,26,28). The van der Waals surface area contributed by atoms with Crippen molar-refractivity contribution in [1.82, 2.24) is 5.32 Å². The molecule has 1 N–H and O–H groups in total. The minimum Gasteiger partial charge on any atom is -0.493 e. The molecule has 0 saturated carbocycles. The molecule has 0 atom stereocenters. The second-order valence-electron chi connectivity index (χ2n) is 7.27.